The lowest BCUT2D eigenvalue weighted by atomic mass is 10.0. The molecule has 2 aromatic rings. The first-order chi connectivity index (χ1) is 8.19. The van der Waals surface area contributed by atoms with Crippen LogP contribution in [0.2, 0.25) is 5.22 Å². The minimum absolute atomic E-state index is 0.157. The lowest BCUT2D eigenvalue weighted by Gasteiger charge is -2.13. The summed E-state index contributed by atoms with van der Waals surface area (Å²) >= 11 is 5.80. The number of rotatable bonds is 4. The van der Waals surface area contributed by atoms with Gasteiger partial charge in [0.15, 0.2) is 5.22 Å². The van der Waals surface area contributed by atoms with Gasteiger partial charge in [0.05, 0.1) is 6.04 Å². The highest BCUT2D eigenvalue weighted by Crippen LogP contribution is 2.23. The van der Waals surface area contributed by atoms with E-state index in [0.29, 0.717) is 5.22 Å². The van der Waals surface area contributed by atoms with Crippen molar-refractivity contribution in [3.63, 3.8) is 0 Å². The minimum Gasteiger partial charge on any atom is -0.448 e. The molecule has 17 heavy (non-hydrogen) atoms. The lowest BCUT2D eigenvalue weighted by Crippen LogP contribution is -2.18. The van der Waals surface area contributed by atoms with Gasteiger partial charge in [0.25, 0.3) is 0 Å². The van der Waals surface area contributed by atoms with Gasteiger partial charge in [-0.05, 0) is 49.7 Å². The van der Waals surface area contributed by atoms with Gasteiger partial charge in [0, 0.05) is 0 Å². The predicted octanol–water partition coefficient (Wildman–Crippen LogP) is 3.74. The molecule has 0 fully saturated rings. The molecular weight excluding hydrogens is 234 g/mol. The van der Waals surface area contributed by atoms with E-state index < -0.39 is 0 Å². The summed E-state index contributed by atoms with van der Waals surface area (Å²) in [5.74, 6) is 0.874. The van der Waals surface area contributed by atoms with Crippen molar-refractivity contribution < 1.29 is 4.42 Å². The summed E-state index contributed by atoms with van der Waals surface area (Å²) in [6.07, 6.45) is 0.891. The maximum absolute atomic E-state index is 5.80. The summed E-state index contributed by atoms with van der Waals surface area (Å²) in [6, 6.07) is 12.3. The highest BCUT2D eigenvalue weighted by Gasteiger charge is 2.14. The van der Waals surface area contributed by atoms with E-state index in [9.17, 15) is 0 Å². The monoisotopic (exact) mass is 249 g/mol. The van der Waals surface area contributed by atoms with Crippen molar-refractivity contribution in [3.05, 3.63) is 58.5 Å². The van der Waals surface area contributed by atoms with E-state index in [1.54, 1.807) is 6.07 Å². The third-order valence-corrected chi connectivity index (χ3v) is 3.01. The van der Waals surface area contributed by atoms with E-state index in [1.807, 2.05) is 13.1 Å². The number of hydrogen-bond donors (Lipinski definition) is 1. The Labute approximate surface area is 107 Å². The molecule has 1 heterocycles. The van der Waals surface area contributed by atoms with Crippen LogP contribution in [0.1, 0.15) is 22.9 Å². The van der Waals surface area contributed by atoms with E-state index >= 15 is 0 Å². The van der Waals surface area contributed by atoms with Gasteiger partial charge in [0.2, 0.25) is 0 Å². The second kappa shape index (κ2) is 5.39. The summed E-state index contributed by atoms with van der Waals surface area (Å²) in [5, 5.41) is 3.68. The number of likely N-dealkylation sites (N-methyl/N-ethyl adjacent to an activating group) is 1. The molecule has 2 nitrogen and oxygen atoms in total. The molecule has 0 saturated carbocycles. The van der Waals surface area contributed by atoms with Crippen molar-refractivity contribution in [1.29, 1.82) is 0 Å². The van der Waals surface area contributed by atoms with Crippen LogP contribution in [0.15, 0.2) is 40.8 Å². The molecule has 1 atom stereocenters. The van der Waals surface area contributed by atoms with Crippen LogP contribution in [0.5, 0.6) is 0 Å². The Morgan fingerprint density at radius 1 is 1.29 bits per heavy atom. The topological polar surface area (TPSA) is 25.2 Å². The summed E-state index contributed by atoms with van der Waals surface area (Å²) in [4.78, 5) is 0. The smallest absolute Gasteiger partial charge is 0.193 e. The molecular formula is C14H16ClNO. The van der Waals surface area contributed by atoms with E-state index in [2.05, 4.69) is 36.5 Å². The molecule has 90 valence electrons. The van der Waals surface area contributed by atoms with Crippen LogP contribution in [0.25, 0.3) is 0 Å². The normalized spacial score (nSPS) is 12.6. The fourth-order valence-corrected chi connectivity index (χ4v) is 2.09. The third-order valence-electron chi connectivity index (χ3n) is 2.81. The maximum Gasteiger partial charge on any atom is 0.193 e. The number of halogens is 1. The molecule has 0 saturated heterocycles. The molecule has 1 aromatic heterocycles. The van der Waals surface area contributed by atoms with Gasteiger partial charge in [-0.1, -0.05) is 29.8 Å². The van der Waals surface area contributed by atoms with Gasteiger partial charge in [-0.25, -0.2) is 0 Å². The quantitative estimate of drug-likeness (QED) is 0.893. The van der Waals surface area contributed by atoms with Crippen LogP contribution < -0.4 is 5.32 Å². The van der Waals surface area contributed by atoms with Crippen molar-refractivity contribution >= 4 is 11.6 Å². The Balaban J connectivity index is 2.15. The van der Waals surface area contributed by atoms with Gasteiger partial charge in [-0.3, -0.25) is 0 Å². The van der Waals surface area contributed by atoms with Crippen LogP contribution in [-0.4, -0.2) is 7.05 Å². The highest BCUT2D eigenvalue weighted by molar-refractivity contribution is 6.28. The molecule has 3 heteroatoms. The highest BCUT2D eigenvalue weighted by atomic mass is 35.5. The van der Waals surface area contributed by atoms with Crippen molar-refractivity contribution in [2.24, 2.45) is 0 Å². The Kier molecular flexibility index (Phi) is 3.87. The van der Waals surface area contributed by atoms with Gasteiger partial charge < -0.3 is 9.73 Å². The van der Waals surface area contributed by atoms with E-state index in [1.165, 1.54) is 11.1 Å². The first-order valence-corrected chi connectivity index (χ1v) is 6.05. The summed E-state index contributed by atoms with van der Waals surface area (Å²) < 4.78 is 5.44. The van der Waals surface area contributed by atoms with Gasteiger partial charge in [0.1, 0.15) is 5.76 Å². The first-order valence-electron chi connectivity index (χ1n) is 5.67. The maximum atomic E-state index is 5.80. The Hall–Kier alpha value is -1.25. The van der Waals surface area contributed by atoms with Crippen LogP contribution in [0.4, 0.5) is 0 Å². The molecule has 1 unspecified atom stereocenters. The van der Waals surface area contributed by atoms with Gasteiger partial charge in [-0.15, -0.1) is 0 Å². The van der Waals surface area contributed by atoms with E-state index in [0.717, 1.165) is 12.2 Å². The molecule has 0 amide bonds. The third kappa shape index (κ3) is 3.11. The molecule has 0 aliphatic carbocycles. The molecule has 2 rings (SSSR count). The van der Waals surface area contributed by atoms with Crippen molar-refractivity contribution in [2.75, 3.05) is 7.05 Å². The van der Waals surface area contributed by atoms with E-state index in [4.69, 9.17) is 16.0 Å². The zero-order valence-electron chi connectivity index (χ0n) is 10.0. The van der Waals surface area contributed by atoms with E-state index in [-0.39, 0.29) is 6.04 Å². The zero-order chi connectivity index (χ0) is 12.3. The molecule has 0 radical (unpaired) electrons. The lowest BCUT2D eigenvalue weighted by molar-refractivity contribution is 0.430. The second-order valence-corrected chi connectivity index (χ2v) is 4.55. The predicted molar refractivity (Wildman–Crippen MR) is 70.4 cm³/mol. The number of hydrogen-bond acceptors (Lipinski definition) is 2. The molecule has 0 spiro atoms. The Morgan fingerprint density at radius 2 is 2.12 bits per heavy atom. The molecule has 0 aliphatic rings. The summed E-state index contributed by atoms with van der Waals surface area (Å²) in [7, 11) is 1.93. The number of aryl methyl sites for hydroxylation is 1. The number of furan rings is 1. The standard InChI is InChI=1S/C14H16ClNO/c1-10-4-3-5-11(8-10)9-12(16-2)13-6-7-14(15)17-13/h3-8,12,16H,9H2,1-2H3. The fraction of sp³-hybridized carbons (Fsp3) is 0.286. The summed E-state index contributed by atoms with van der Waals surface area (Å²) in [6.45, 7) is 2.10. The minimum atomic E-state index is 0.157. The molecule has 0 aliphatic heterocycles. The van der Waals surface area contributed by atoms with Gasteiger partial charge >= 0.3 is 0 Å². The van der Waals surface area contributed by atoms with Crippen LogP contribution in [0.3, 0.4) is 0 Å². The fourth-order valence-electron chi connectivity index (χ4n) is 1.94. The number of benzene rings is 1. The number of nitrogens with one attached hydrogen (secondary N) is 1. The Morgan fingerprint density at radius 3 is 2.71 bits per heavy atom. The summed E-state index contributed by atoms with van der Waals surface area (Å²) in [5.41, 5.74) is 2.56. The first kappa shape index (κ1) is 12.2. The van der Waals surface area contributed by atoms with Gasteiger partial charge in [-0.2, -0.15) is 0 Å². The van der Waals surface area contributed by atoms with Crippen molar-refractivity contribution in [1.82, 2.24) is 5.32 Å². The van der Waals surface area contributed by atoms with Crippen LogP contribution in [0, 0.1) is 6.92 Å². The van der Waals surface area contributed by atoms with Crippen molar-refractivity contribution in [3.8, 4) is 0 Å². The molecule has 1 aromatic carbocycles. The SMILES string of the molecule is CNC(Cc1cccc(C)c1)c1ccc(Cl)o1. The Bertz CT molecular complexity index is 492. The average molecular weight is 250 g/mol. The van der Waals surface area contributed by atoms with Crippen molar-refractivity contribution in [2.45, 2.75) is 19.4 Å². The molecule has 1 N–H and O–H groups in total. The van der Waals surface area contributed by atoms with Crippen LogP contribution >= 0.6 is 11.6 Å². The largest absolute Gasteiger partial charge is 0.448 e. The second-order valence-electron chi connectivity index (χ2n) is 4.18. The molecule has 0 bridgehead atoms. The average Bonchev–Trinajstić information content (AvgIpc) is 2.73. The zero-order valence-corrected chi connectivity index (χ0v) is 10.8. The van der Waals surface area contributed by atoms with Crippen LogP contribution in [-0.2, 0) is 6.42 Å².